The van der Waals surface area contributed by atoms with Gasteiger partial charge in [-0.05, 0) is 44.5 Å². The Labute approximate surface area is 189 Å². The molecule has 2 aromatic rings. The van der Waals surface area contributed by atoms with Gasteiger partial charge in [0.1, 0.15) is 23.5 Å². The molecule has 2 amide bonds. The van der Waals surface area contributed by atoms with Crippen LogP contribution in [-0.4, -0.2) is 36.4 Å². The molecular formula is C23H24F3N3O4. The fraction of sp³-hybridized carbons (Fsp3) is 0.348. The first-order valence-corrected chi connectivity index (χ1v) is 9.94. The summed E-state index contributed by atoms with van der Waals surface area (Å²) in [5.74, 6) is -0.863. The topological polar surface area (TPSA) is 100 Å². The van der Waals surface area contributed by atoms with Gasteiger partial charge in [-0.25, -0.2) is 4.79 Å². The molecule has 7 nitrogen and oxygen atoms in total. The molecule has 0 aliphatic carbocycles. The van der Waals surface area contributed by atoms with Crippen molar-refractivity contribution in [3.05, 3.63) is 59.7 Å². The number of anilines is 1. The van der Waals surface area contributed by atoms with E-state index in [-0.39, 0.29) is 23.4 Å². The van der Waals surface area contributed by atoms with Crippen molar-refractivity contribution in [2.75, 3.05) is 11.9 Å². The maximum Gasteiger partial charge on any atom is 0.422 e. The second-order valence-electron chi connectivity index (χ2n) is 8.10. The number of nitrogens with zero attached hydrogens (tertiary/aromatic N) is 1. The molecule has 0 saturated heterocycles. The van der Waals surface area contributed by atoms with Crippen LogP contribution in [0.3, 0.4) is 0 Å². The van der Waals surface area contributed by atoms with E-state index in [1.807, 2.05) is 6.07 Å². The van der Waals surface area contributed by atoms with Gasteiger partial charge < -0.3 is 20.1 Å². The maximum absolute atomic E-state index is 12.9. The van der Waals surface area contributed by atoms with Gasteiger partial charge in [0.25, 0.3) is 0 Å². The van der Waals surface area contributed by atoms with Crippen molar-refractivity contribution in [2.24, 2.45) is 0 Å². The smallest absolute Gasteiger partial charge is 0.422 e. The Morgan fingerprint density at radius 1 is 1.09 bits per heavy atom. The van der Waals surface area contributed by atoms with Crippen LogP contribution in [0.15, 0.2) is 48.5 Å². The highest BCUT2D eigenvalue weighted by atomic mass is 19.4. The predicted molar refractivity (Wildman–Crippen MR) is 115 cm³/mol. The fourth-order valence-corrected chi connectivity index (χ4v) is 2.72. The molecule has 1 atom stereocenters. The monoisotopic (exact) mass is 463 g/mol. The van der Waals surface area contributed by atoms with Gasteiger partial charge in [0.15, 0.2) is 6.61 Å². The van der Waals surface area contributed by atoms with Crippen LogP contribution >= 0.6 is 0 Å². The number of carbonyl (C=O) groups excluding carboxylic acids is 2. The van der Waals surface area contributed by atoms with Gasteiger partial charge >= 0.3 is 12.3 Å². The van der Waals surface area contributed by atoms with Gasteiger partial charge in [-0.15, -0.1) is 0 Å². The molecule has 0 saturated carbocycles. The molecule has 1 unspecified atom stereocenters. The van der Waals surface area contributed by atoms with Crippen LogP contribution in [0.1, 0.15) is 31.9 Å². The van der Waals surface area contributed by atoms with Gasteiger partial charge in [-0.1, -0.05) is 30.3 Å². The highest BCUT2D eigenvalue weighted by Gasteiger charge is 2.29. The van der Waals surface area contributed by atoms with Crippen LogP contribution in [-0.2, 0) is 16.0 Å². The van der Waals surface area contributed by atoms with Crippen molar-refractivity contribution in [3.63, 3.8) is 0 Å². The Kier molecular flexibility index (Phi) is 8.29. The Balaban J connectivity index is 2.18. The largest absolute Gasteiger partial charge is 0.483 e. The molecule has 2 rings (SSSR count). The van der Waals surface area contributed by atoms with Gasteiger partial charge in [0.05, 0.1) is 5.56 Å². The summed E-state index contributed by atoms with van der Waals surface area (Å²) in [6.45, 7) is 3.51. The number of nitriles is 1. The summed E-state index contributed by atoms with van der Waals surface area (Å²) in [5, 5.41) is 14.3. The molecule has 0 fully saturated rings. The molecule has 0 radical (unpaired) electrons. The minimum Gasteiger partial charge on any atom is -0.483 e. The zero-order chi connectivity index (χ0) is 24.6. The molecule has 0 spiro atoms. The van der Waals surface area contributed by atoms with E-state index in [2.05, 4.69) is 15.4 Å². The van der Waals surface area contributed by atoms with E-state index >= 15 is 0 Å². The van der Waals surface area contributed by atoms with E-state index in [0.717, 1.165) is 11.6 Å². The zero-order valence-electron chi connectivity index (χ0n) is 18.3. The van der Waals surface area contributed by atoms with Crippen LogP contribution < -0.4 is 15.4 Å². The second-order valence-corrected chi connectivity index (χ2v) is 8.10. The molecule has 0 aliphatic rings. The zero-order valence-corrected chi connectivity index (χ0v) is 18.3. The van der Waals surface area contributed by atoms with Gasteiger partial charge in [-0.2, -0.15) is 18.4 Å². The third kappa shape index (κ3) is 9.11. The van der Waals surface area contributed by atoms with Crippen molar-refractivity contribution in [2.45, 2.75) is 45.0 Å². The quantitative estimate of drug-likeness (QED) is 0.626. The second kappa shape index (κ2) is 10.7. The van der Waals surface area contributed by atoms with Crippen molar-refractivity contribution in [3.8, 4) is 11.8 Å². The van der Waals surface area contributed by atoms with Crippen LogP contribution in [0.25, 0.3) is 0 Å². The highest BCUT2D eigenvalue weighted by Crippen LogP contribution is 2.25. The van der Waals surface area contributed by atoms with E-state index in [9.17, 15) is 28.0 Å². The lowest BCUT2D eigenvalue weighted by Gasteiger charge is -2.23. The molecule has 2 N–H and O–H groups in total. The average Bonchev–Trinajstić information content (AvgIpc) is 2.71. The average molecular weight is 463 g/mol. The van der Waals surface area contributed by atoms with E-state index in [4.69, 9.17) is 4.74 Å². The van der Waals surface area contributed by atoms with Crippen molar-refractivity contribution in [1.29, 1.82) is 5.26 Å². The Hall–Kier alpha value is -3.74. The predicted octanol–water partition coefficient (Wildman–Crippen LogP) is 4.57. The normalized spacial score (nSPS) is 12.3. The molecule has 0 heterocycles. The Bertz CT molecular complexity index is 1010. The number of ether oxygens (including phenoxy) is 2. The first-order chi connectivity index (χ1) is 15.4. The number of amides is 2. The number of alkyl carbamates (subject to hydrolysis) is 1. The van der Waals surface area contributed by atoms with Crippen LogP contribution in [0.4, 0.5) is 23.7 Å². The lowest BCUT2D eigenvalue weighted by atomic mass is 10.1. The van der Waals surface area contributed by atoms with E-state index < -0.39 is 36.4 Å². The van der Waals surface area contributed by atoms with Crippen molar-refractivity contribution in [1.82, 2.24) is 5.32 Å². The number of alkyl halides is 3. The number of nitrogens with one attached hydrogen (secondary N) is 2. The highest BCUT2D eigenvalue weighted by molar-refractivity contribution is 5.97. The molecule has 0 aliphatic heterocycles. The molecular weight excluding hydrogens is 439 g/mol. The van der Waals surface area contributed by atoms with Crippen LogP contribution in [0.2, 0.25) is 0 Å². The summed E-state index contributed by atoms with van der Waals surface area (Å²) < 4.78 is 47.1. The number of hydrogen-bond acceptors (Lipinski definition) is 5. The summed E-state index contributed by atoms with van der Waals surface area (Å²) in [7, 11) is 0. The number of rotatable bonds is 7. The number of hydrogen-bond donors (Lipinski definition) is 2. The molecule has 0 bridgehead atoms. The molecule has 33 heavy (non-hydrogen) atoms. The number of carbonyl (C=O) groups is 2. The van der Waals surface area contributed by atoms with Gasteiger partial charge in [0.2, 0.25) is 5.91 Å². The number of benzene rings is 2. The van der Waals surface area contributed by atoms with E-state index in [0.29, 0.717) is 0 Å². The van der Waals surface area contributed by atoms with Gasteiger partial charge in [-0.3, -0.25) is 4.79 Å². The lowest BCUT2D eigenvalue weighted by Crippen LogP contribution is -2.47. The lowest BCUT2D eigenvalue weighted by molar-refractivity contribution is -0.153. The third-order valence-corrected chi connectivity index (χ3v) is 4.05. The van der Waals surface area contributed by atoms with Crippen LogP contribution in [0.5, 0.6) is 5.75 Å². The minimum absolute atomic E-state index is 0.153. The fourth-order valence-electron chi connectivity index (χ4n) is 2.72. The Morgan fingerprint density at radius 3 is 2.33 bits per heavy atom. The summed E-state index contributed by atoms with van der Waals surface area (Å²) in [6.07, 6.45) is -5.19. The third-order valence-electron chi connectivity index (χ3n) is 4.05. The summed E-state index contributed by atoms with van der Waals surface area (Å²) in [6, 6.07) is 13.3. The molecule has 10 heteroatoms. The first-order valence-electron chi connectivity index (χ1n) is 9.94. The first kappa shape index (κ1) is 25.5. The summed E-state index contributed by atoms with van der Waals surface area (Å²) in [5.41, 5.74) is -0.0229. The van der Waals surface area contributed by atoms with E-state index in [1.54, 1.807) is 51.1 Å². The molecule has 176 valence electrons. The molecule has 0 aromatic heterocycles. The van der Waals surface area contributed by atoms with Crippen molar-refractivity contribution < 1.29 is 32.2 Å². The van der Waals surface area contributed by atoms with E-state index in [1.165, 1.54) is 12.1 Å². The van der Waals surface area contributed by atoms with Gasteiger partial charge in [0, 0.05) is 12.1 Å². The van der Waals surface area contributed by atoms with Crippen molar-refractivity contribution >= 4 is 17.7 Å². The standard InChI is InChI=1S/C23H24F3N3O4/c1-22(2,3)33-21(31)29-18(11-15-7-5-4-6-8-15)20(30)28-17-9-10-19(16(12-17)13-27)32-14-23(24,25)26/h4-10,12,18H,11,14H2,1-3H3,(H,28,30)(H,29,31). The summed E-state index contributed by atoms with van der Waals surface area (Å²) in [4.78, 5) is 25.2. The van der Waals surface area contributed by atoms with Crippen LogP contribution in [0, 0.1) is 11.3 Å². The number of halogens is 3. The summed E-state index contributed by atoms with van der Waals surface area (Å²) >= 11 is 0. The Morgan fingerprint density at radius 2 is 1.76 bits per heavy atom. The minimum atomic E-state index is -4.56. The maximum atomic E-state index is 12.9. The SMILES string of the molecule is CC(C)(C)OC(=O)NC(Cc1ccccc1)C(=O)Nc1ccc(OCC(F)(F)F)c(C#N)c1. The molecule has 2 aromatic carbocycles.